The average molecular weight is 424 g/mol. The van der Waals surface area contributed by atoms with Gasteiger partial charge in [0.25, 0.3) is 0 Å². The van der Waals surface area contributed by atoms with Crippen LogP contribution in [0.3, 0.4) is 0 Å². The van der Waals surface area contributed by atoms with E-state index in [0.717, 1.165) is 64.6 Å². The van der Waals surface area contributed by atoms with Crippen molar-refractivity contribution in [2.45, 2.75) is 38.2 Å². The van der Waals surface area contributed by atoms with Crippen molar-refractivity contribution in [2.75, 3.05) is 46.5 Å². The molecule has 0 aromatic heterocycles. The maximum atomic E-state index is 6.02. The highest BCUT2D eigenvalue weighted by atomic mass is 16.5. The third-order valence-corrected chi connectivity index (χ3v) is 5.75. The van der Waals surface area contributed by atoms with Crippen LogP contribution in [0.4, 0.5) is 0 Å². The Morgan fingerprint density at radius 2 is 1.61 bits per heavy atom. The van der Waals surface area contributed by atoms with Gasteiger partial charge in [-0.3, -0.25) is 4.99 Å². The van der Waals surface area contributed by atoms with Gasteiger partial charge in [0.2, 0.25) is 0 Å². The molecule has 0 radical (unpaired) electrons. The molecule has 0 amide bonds. The van der Waals surface area contributed by atoms with E-state index < -0.39 is 0 Å². The summed E-state index contributed by atoms with van der Waals surface area (Å²) >= 11 is 0. The van der Waals surface area contributed by atoms with Gasteiger partial charge in [-0.2, -0.15) is 0 Å². The van der Waals surface area contributed by atoms with E-state index in [0.29, 0.717) is 6.10 Å². The standard InChI is InChI=1S/C26H37N3O2/c1-3-27-26(29-17-15-24(16-18-29)31-20-10-19-30-2)28-21-25(22-11-6-4-7-12-22)23-13-8-5-9-14-23/h4-9,11-14,24-25H,3,10,15-21H2,1-2H3,(H,27,28). The van der Waals surface area contributed by atoms with Crippen LogP contribution in [0, 0.1) is 0 Å². The van der Waals surface area contributed by atoms with E-state index in [1.54, 1.807) is 7.11 Å². The number of likely N-dealkylation sites (tertiary alicyclic amines) is 1. The first kappa shape index (κ1) is 23.3. The first-order chi connectivity index (χ1) is 15.3. The summed E-state index contributed by atoms with van der Waals surface area (Å²) in [5.41, 5.74) is 2.60. The van der Waals surface area contributed by atoms with Crippen LogP contribution in [-0.4, -0.2) is 63.5 Å². The zero-order valence-corrected chi connectivity index (χ0v) is 19.0. The molecule has 2 aromatic carbocycles. The Labute approximate surface area is 187 Å². The number of piperidine rings is 1. The zero-order valence-electron chi connectivity index (χ0n) is 19.0. The number of hydrogen-bond acceptors (Lipinski definition) is 3. The Bertz CT molecular complexity index is 719. The maximum absolute atomic E-state index is 6.02. The van der Waals surface area contributed by atoms with Crippen molar-refractivity contribution in [1.82, 2.24) is 10.2 Å². The van der Waals surface area contributed by atoms with Gasteiger partial charge in [0, 0.05) is 45.9 Å². The van der Waals surface area contributed by atoms with Crippen molar-refractivity contribution < 1.29 is 9.47 Å². The first-order valence-electron chi connectivity index (χ1n) is 11.6. The summed E-state index contributed by atoms with van der Waals surface area (Å²) < 4.78 is 11.1. The Hall–Kier alpha value is -2.37. The molecular weight excluding hydrogens is 386 g/mol. The van der Waals surface area contributed by atoms with E-state index in [-0.39, 0.29) is 5.92 Å². The summed E-state index contributed by atoms with van der Waals surface area (Å²) in [4.78, 5) is 7.46. The highest BCUT2D eigenvalue weighted by Gasteiger charge is 2.22. The van der Waals surface area contributed by atoms with Crippen LogP contribution in [0.15, 0.2) is 65.7 Å². The lowest BCUT2D eigenvalue weighted by atomic mass is 9.91. The number of nitrogens with one attached hydrogen (secondary N) is 1. The van der Waals surface area contributed by atoms with Gasteiger partial charge in [-0.15, -0.1) is 0 Å². The van der Waals surface area contributed by atoms with Crippen LogP contribution in [0.5, 0.6) is 0 Å². The minimum Gasteiger partial charge on any atom is -0.385 e. The topological polar surface area (TPSA) is 46.1 Å². The molecule has 0 saturated carbocycles. The number of guanidine groups is 1. The summed E-state index contributed by atoms with van der Waals surface area (Å²) in [6.07, 6.45) is 3.38. The van der Waals surface area contributed by atoms with Crippen molar-refractivity contribution in [3.63, 3.8) is 0 Å². The Morgan fingerprint density at radius 3 is 2.16 bits per heavy atom. The molecule has 0 bridgehead atoms. The highest BCUT2D eigenvalue weighted by molar-refractivity contribution is 5.80. The summed E-state index contributed by atoms with van der Waals surface area (Å²) in [6, 6.07) is 21.4. The van der Waals surface area contributed by atoms with E-state index in [2.05, 4.69) is 77.8 Å². The molecule has 5 heteroatoms. The fourth-order valence-corrected chi connectivity index (χ4v) is 4.07. The van der Waals surface area contributed by atoms with Crippen LogP contribution in [0.1, 0.15) is 43.2 Å². The van der Waals surface area contributed by atoms with Gasteiger partial charge in [0.05, 0.1) is 12.6 Å². The molecule has 1 saturated heterocycles. The van der Waals surface area contributed by atoms with E-state index >= 15 is 0 Å². The molecule has 3 rings (SSSR count). The number of aliphatic imine (C=N–C) groups is 1. The van der Waals surface area contributed by atoms with Gasteiger partial charge >= 0.3 is 0 Å². The van der Waals surface area contributed by atoms with E-state index in [4.69, 9.17) is 14.5 Å². The predicted octanol–water partition coefficient (Wildman–Crippen LogP) is 4.30. The van der Waals surface area contributed by atoms with Gasteiger partial charge in [-0.05, 0) is 37.3 Å². The fraction of sp³-hybridized carbons (Fsp3) is 0.500. The number of ether oxygens (including phenoxy) is 2. The number of hydrogen-bond donors (Lipinski definition) is 1. The van der Waals surface area contributed by atoms with Gasteiger partial charge in [-0.1, -0.05) is 60.7 Å². The Kier molecular flexibility index (Phi) is 9.87. The third kappa shape index (κ3) is 7.37. The lowest BCUT2D eigenvalue weighted by Gasteiger charge is -2.34. The minimum absolute atomic E-state index is 0.248. The lowest BCUT2D eigenvalue weighted by molar-refractivity contribution is 0.00990. The van der Waals surface area contributed by atoms with E-state index in [1.807, 2.05) is 0 Å². The molecule has 0 spiro atoms. The van der Waals surface area contributed by atoms with Gasteiger partial charge in [0.15, 0.2) is 5.96 Å². The molecule has 0 atom stereocenters. The summed E-state index contributed by atoms with van der Waals surface area (Å²) in [5.74, 6) is 1.26. The zero-order chi connectivity index (χ0) is 21.7. The second-order valence-electron chi connectivity index (χ2n) is 7.97. The monoisotopic (exact) mass is 423 g/mol. The predicted molar refractivity (Wildman–Crippen MR) is 128 cm³/mol. The van der Waals surface area contributed by atoms with Gasteiger partial charge in [-0.25, -0.2) is 0 Å². The molecule has 168 valence electrons. The number of methoxy groups -OCH3 is 1. The smallest absolute Gasteiger partial charge is 0.193 e. The molecule has 2 aromatic rings. The molecule has 1 aliphatic heterocycles. The van der Waals surface area contributed by atoms with Crippen LogP contribution in [0.2, 0.25) is 0 Å². The van der Waals surface area contributed by atoms with Crippen molar-refractivity contribution >= 4 is 5.96 Å². The largest absolute Gasteiger partial charge is 0.385 e. The van der Waals surface area contributed by atoms with E-state index in [9.17, 15) is 0 Å². The molecule has 0 aliphatic carbocycles. The second-order valence-corrected chi connectivity index (χ2v) is 7.97. The number of rotatable bonds is 10. The number of nitrogens with zero attached hydrogens (tertiary/aromatic N) is 2. The van der Waals surface area contributed by atoms with Crippen LogP contribution in [0.25, 0.3) is 0 Å². The summed E-state index contributed by atoms with van der Waals surface area (Å²) in [6.45, 7) is 7.22. The molecule has 1 heterocycles. The van der Waals surface area contributed by atoms with Crippen molar-refractivity contribution in [1.29, 1.82) is 0 Å². The lowest BCUT2D eigenvalue weighted by Crippen LogP contribution is -2.47. The summed E-state index contributed by atoms with van der Waals surface area (Å²) in [7, 11) is 1.74. The minimum atomic E-state index is 0.248. The molecule has 31 heavy (non-hydrogen) atoms. The number of benzene rings is 2. The van der Waals surface area contributed by atoms with E-state index in [1.165, 1.54) is 11.1 Å². The van der Waals surface area contributed by atoms with Crippen molar-refractivity contribution in [3.8, 4) is 0 Å². The summed E-state index contributed by atoms with van der Waals surface area (Å²) in [5, 5.41) is 3.50. The van der Waals surface area contributed by atoms with Gasteiger partial charge in [0.1, 0.15) is 0 Å². The van der Waals surface area contributed by atoms with Crippen molar-refractivity contribution in [3.05, 3.63) is 71.8 Å². The van der Waals surface area contributed by atoms with Crippen LogP contribution < -0.4 is 5.32 Å². The maximum Gasteiger partial charge on any atom is 0.193 e. The molecule has 1 N–H and O–H groups in total. The highest BCUT2D eigenvalue weighted by Crippen LogP contribution is 2.25. The van der Waals surface area contributed by atoms with Crippen molar-refractivity contribution in [2.24, 2.45) is 4.99 Å². The normalized spacial score (nSPS) is 15.5. The molecule has 1 fully saturated rings. The second kappa shape index (κ2) is 13.1. The quantitative estimate of drug-likeness (QED) is 0.352. The molecule has 1 aliphatic rings. The molecule has 0 unspecified atom stereocenters. The molecule has 5 nitrogen and oxygen atoms in total. The fourth-order valence-electron chi connectivity index (χ4n) is 4.07. The Morgan fingerprint density at radius 1 is 1.00 bits per heavy atom. The molecular formula is C26H37N3O2. The Balaban J connectivity index is 1.64. The van der Waals surface area contributed by atoms with Gasteiger partial charge < -0.3 is 19.7 Å². The SMILES string of the molecule is CCNC(=NCC(c1ccccc1)c1ccccc1)N1CCC(OCCCOC)CC1. The first-order valence-corrected chi connectivity index (χ1v) is 11.6. The third-order valence-electron chi connectivity index (χ3n) is 5.75. The van der Waals surface area contributed by atoms with Crippen LogP contribution in [-0.2, 0) is 9.47 Å². The van der Waals surface area contributed by atoms with Crippen LogP contribution >= 0.6 is 0 Å². The average Bonchev–Trinajstić information content (AvgIpc) is 2.83.